The van der Waals surface area contributed by atoms with E-state index in [1.54, 1.807) is 31.6 Å². The van der Waals surface area contributed by atoms with Crippen molar-refractivity contribution < 1.29 is 42.5 Å². The number of aromatic nitrogens is 1. The molecule has 42 heavy (non-hydrogen) atoms. The summed E-state index contributed by atoms with van der Waals surface area (Å²) in [6, 6.07) is 0. The number of alkyl carbamates (subject to hydrolysis) is 1. The summed E-state index contributed by atoms with van der Waals surface area (Å²) in [6.07, 6.45) is 13.6. The summed E-state index contributed by atoms with van der Waals surface area (Å²) in [6.45, 7) is 4.40. The molecular formula is C31H44N2O9. The second-order valence-electron chi connectivity index (χ2n) is 10.6. The zero-order chi connectivity index (χ0) is 30.3. The molecule has 0 aromatic carbocycles. The van der Waals surface area contributed by atoms with E-state index in [2.05, 4.69) is 28.0 Å². The number of hydrogen-bond donors (Lipinski definition) is 1. The fourth-order valence-electron chi connectivity index (χ4n) is 5.11. The number of allylic oxidation sites excluding steroid dienone is 1. The van der Waals surface area contributed by atoms with Crippen LogP contribution >= 0.6 is 0 Å². The molecule has 232 valence electrons. The summed E-state index contributed by atoms with van der Waals surface area (Å²) in [7, 11) is 2.98. The highest BCUT2D eigenvalue weighted by Crippen LogP contribution is 2.29. The van der Waals surface area contributed by atoms with Crippen molar-refractivity contribution in [2.45, 2.75) is 102 Å². The Balaban J connectivity index is 1.51. The van der Waals surface area contributed by atoms with Crippen LogP contribution in [-0.4, -0.2) is 74.3 Å². The van der Waals surface area contributed by atoms with Crippen molar-refractivity contribution in [1.29, 1.82) is 0 Å². The third-order valence-electron chi connectivity index (χ3n) is 7.05. The highest BCUT2D eigenvalue weighted by atomic mass is 16.6. The molecule has 0 radical (unpaired) electrons. The Hall–Kier alpha value is -3.44. The fourth-order valence-corrected chi connectivity index (χ4v) is 5.11. The summed E-state index contributed by atoms with van der Waals surface area (Å²) >= 11 is 0. The van der Waals surface area contributed by atoms with Crippen LogP contribution in [0.5, 0.6) is 0 Å². The first-order valence-corrected chi connectivity index (χ1v) is 14.6. The van der Waals surface area contributed by atoms with Crippen molar-refractivity contribution in [3.63, 3.8) is 0 Å². The number of nitrogens with zero attached hydrogens (tertiary/aromatic N) is 1. The molecule has 1 fully saturated rings. The number of carbonyl (C=O) groups is 3. The number of esters is 2. The first-order valence-electron chi connectivity index (χ1n) is 14.6. The minimum atomic E-state index is -0.516. The Bertz CT molecular complexity index is 1110. The van der Waals surface area contributed by atoms with Gasteiger partial charge >= 0.3 is 18.0 Å². The van der Waals surface area contributed by atoms with E-state index < -0.39 is 18.2 Å². The average molecular weight is 589 g/mol. The number of amides is 1. The average Bonchev–Trinajstić information content (AvgIpc) is 3.39. The fraction of sp³-hybridized carbons (Fsp3) is 0.613. The molecule has 1 N–H and O–H groups in total. The van der Waals surface area contributed by atoms with Crippen LogP contribution in [0.15, 0.2) is 40.6 Å². The van der Waals surface area contributed by atoms with Crippen LogP contribution in [0.1, 0.15) is 76.8 Å². The number of hydrogen-bond acceptors (Lipinski definition) is 10. The second kappa shape index (κ2) is 17.5. The van der Waals surface area contributed by atoms with Gasteiger partial charge in [0.25, 0.3) is 0 Å². The van der Waals surface area contributed by atoms with Crippen molar-refractivity contribution in [1.82, 2.24) is 10.3 Å². The lowest BCUT2D eigenvalue weighted by Gasteiger charge is -2.34. The molecule has 0 aliphatic carbocycles. The molecule has 1 amide bonds. The molecule has 11 nitrogen and oxygen atoms in total. The van der Waals surface area contributed by atoms with Gasteiger partial charge in [-0.2, -0.15) is 0 Å². The molecule has 1 aromatic heterocycles. The van der Waals surface area contributed by atoms with E-state index >= 15 is 0 Å². The smallest absolute Gasteiger partial charge is 0.407 e. The van der Waals surface area contributed by atoms with E-state index in [9.17, 15) is 14.4 Å². The number of methoxy groups -OCH3 is 2. The number of cyclic esters (lactones) is 1. The third-order valence-corrected chi connectivity index (χ3v) is 7.05. The number of fused-ring (bicyclic) bond motifs is 2. The maximum absolute atomic E-state index is 12.8. The standard InChI is InChI=1S/C31H44N2O9/c1-5-9-23-16-24(37-3)14-21(2)15-25-17-26(18-27(40-25)19-30(35)41-23)42-29(34)12-7-6-10-22-20-39-28(33-22)11-8-13-32-31(36)38-4/h7-8,11-12,15,20,23-27H,5-6,9-10,13-14,16-19H2,1-4H3,(H,32,36)/b11-8+,12-7+,21-15-/t23-,24+,25+,26-,27+/m0/s1. The molecule has 0 saturated carbocycles. The number of carbonyl (C=O) groups excluding carboxylic acids is 3. The minimum Gasteiger partial charge on any atom is -0.462 e. The molecule has 2 bridgehead atoms. The molecule has 0 spiro atoms. The lowest BCUT2D eigenvalue weighted by Crippen LogP contribution is -2.39. The third kappa shape index (κ3) is 11.8. The van der Waals surface area contributed by atoms with Gasteiger partial charge in [-0.05, 0) is 38.7 Å². The van der Waals surface area contributed by atoms with E-state index in [0.29, 0.717) is 44.4 Å². The predicted molar refractivity (Wildman–Crippen MR) is 154 cm³/mol. The lowest BCUT2D eigenvalue weighted by molar-refractivity contribution is -0.163. The van der Waals surface area contributed by atoms with Crippen LogP contribution in [0.3, 0.4) is 0 Å². The van der Waals surface area contributed by atoms with Crippen molar-refractivity contribution >= 4 is 24.1 Å². The van der Waals surface area contributed by atoms with Crippen LogP contribution in [-0.2, 0) is 39.7 Å². The topological polar surface area (TPSA) is 135 Å². The van der Waals surface area contributed by atoms with Crippen molar-refractivity contribution in [3.05, 3.63) is 47.7 Å². The number of ether oxygens (including phenoxy) is 5. The SMILES string of the molecule is CCC[C@H]1C[C@H](OC)C/C(C)=C\[C@@H]2C[C@H](OC(=O)/C=C/CCc3coc(/C=C/CNC(=O)OC)n3)C[C@H](CC(=O)O1)O2. The van der Waals surface area contributed by atoms with Gasteiger partial charge in [0, 0.05) is 39.0 Å². The molecule has 0 unspecified atom stereocenters. The van der Waals surface area contributed by atoms with Gasteiger partial charge in [0.1, 0.15) is 18.5 Å². The molecule has 1 aromatic rings. The molecule has 11 heteroatoms. The normalized spacial score (nSPS) is 26.5. The van der Waals surface area contributed by atoms with Gasteiger partial charge in [-0.15, -0.1) is 0 Å². The summed E-state index contributed by atoms with van der Waals surface area (Å²) in [5.41, 5.74) is 1.87. The maximum Gasteiger partial charge on any atom is 0.407 e. The van der Waals surface area contributed by atoms with Gasteiger partial charge in [0.2, 0.25) is 5.89 Å². The van der Waals surface area contributed by atoms with E-state index in [4.69, 9.17) is 23.4 Å². The maximum atomic E-state index is 12.8. The van der Waals surface area contributed by atoms with Gasteiger partial charge in [-0.3, -0.25) is 4.79 Å². The second-order valence-corrected chi connectivity index (χ2v) is 10.6. The van der Waals surface area contributed by atoms with Crippen LogP contribution < -0.4 is 5.32 Å². The van der Waals surface area contributed by atoms with Crippen molar-refractivity contribution in [2.75, 3.05) is 20.8 Å². The first kappa shape index (κ1) is 33.1. The summed E-state index contributed by atoms with van der Waals surface area (Å²) in [5.74, 6) is -0.320. The van der Waals surface area contributed by atoms with E-state index in [-0.39, 0.29) is 43.4 Å². The zero-order valence-electron chi connectivity index (χ0n) is 25.0. The summed E-state index contributed by atoms with van der Waals surface area (Å²) in [4.78, 5) is 40.8. The van der Waals surface area contributed by atoms with Crippen LogP contribution in [0, 0.1) is 0 Å². The lowest BCUT2D eigenvalue weighted by atomic mass is 9.95. The Morgan fingerprint density at radius 1 is 1.14 bits per heavy atom. The minimum absolute atomic E-state index is 0.0567. The zero-order valence-corrected chi connectivity index (χ0v) is 25.0. The highest BCUT2D eigenvalue weighted by Gasteiger charge is 2.33. The van der Waals surface area contributed by atoms with Crippen molar-refractivity contribution in [3.8, 4) is 0 Å². The van der Waals surface area contributed by atoms with E-state index in [1.807, 2.05) is 6.92 Å². The molecule has 3 rings (SSSR count). The van der Waals surface area contributed by atoms with Gasteiger partial charge < -0.3 is 33.4 Å². The Kier molecular flexibility index (Phi) is 13.8. The van der Waals surface area contributed by atoms with E-state index in [0.717, 1.165) is 24.1 Å². The van der Waals surface area contributed by atoms with Gasteiger partial charge in [0.05, 0.1) is 37.5 Å². The van der Waals surface area contributed by atoms with E-state index in [1.165, 1.54) is 13.2 Å². The monoisotopic (exact) mass is 588 g/mol. The summed E-state index contributed by atoms with van der Waals surface area (Å²) < 4.78 is 33.3. The summed E-state index contributed by atoms with van der Waals surface area (Å²) in [5, 5.41) is 2.53. The largest absolute Gasteiger partial charge is 0.462 e. The Labute approximate surface area is 247 Å². The Morgan fingerprint density at radius 3 is 2.74 bits per heavy atom. The van der Waals surface area contributed by atoms with Crippen molar-refractivity contribution in [2.24, 2.45) is 0 Å². The Morgan fingerprint density at radius 2 is 1.98 bits per heavy atom. The molecule has 2 aliphatic heterocycles. The van der Waals surface area contributed by atoms with Gasteiger partial charge in [-0.1, -0.05) is 37.1 Å². The van der Waals surface area contributed by atoms with Gasteiger partial charge in [0.15, 0.2) is 0 Å². The quantitative estimate of drug-likeness (QED) is 0.165. The van der Waals surface area contributed by atoms with Gasteiger partial charge in [-0.25, -0.2) is 14.6 Å². The number of aryl methyl sites for hydroxylation is 1. The molecule has 2 aliphatic rings. The highest BCUT2D eigenvalue weighted by molar-refractivity contribution is 5.82. The number of oxazole rings is 1. The molecule has 1 saturated heterocycles. The van der Waals surface area contributed by atoms with Crippen LogP contribution in [0.4, 0.5) is 4.79 Å². The molecular weight excluding hydrogens is 544 g/mol. The molecule has 3 heterocycles. The first-order chi connectivity index (χ1) is 20.3. The predicted octanol–water partition coefficient (Wildman–Crippen LogP) is 4.85. The number of nitrogens with one attached hydrogen (secondary N) is 1. The molecule has 5 atom stereocenters. The van der Waals surface area contributed by atoms with Crippen LogP contribution in [0.2, 0.25) is 0 Å². The number of rotatable bonds is 11. The van der Waals surface area contributed by atoms with Crippen LogP contribution in [0.25, 0.3) is 6.08 Å².